The van der Waals surface area contributed by atoms with Gasteiger partial charge in [-0.1, -0.05) is 23.2 Å². The van der Waals surface area contributed by atoms with E-state index in [0.717, 1.165) is 6.54 Å². The van der Waals surface area contributed by atoms with Crippen LogP contribution in [-0.2, 0) is 11.3 Å². The van der Waals surface area contributed by atoms with Crippen LogP contribution in [-0.4, -0.2) is 34.4 Å². The summed E-state index contributed by atoms with van der Waals surface area (Å²) >= 11 is 12.0. The van der Waals surface area contributed by atoms with E-state index in [-0.39, 0.29) is 5.91 Å². The van der Waals surface area contributed by atoms with Crippen molar-refractivity contribution in [2.75, 3.05) is 13.1 Å². The predicted octanol–water partition coefficient (Wildman–Crippen LogP) is 2.10. The van der Waals surface area contributed by atoms with Gasteiger partial charge < -0.3 is 5.32 Å². The van der Waals surface area contributed by atoms with E-state index in [1.807, 2.05) is 13.8 Å². The number of hydrogen-bond acceptors (Lipinski definition) is 3. The summed E-state index contributed by atoms with van der Waals surface area (Å²) in [6.07, 6.45) is 0. The number of carbonyl (C=O) groups is 1. The van der Waals surface area contributed by atoms with Gasteiger partial charge in [-0.15, -0.1) is 0 Å². The molecule has 4 nitrogen and oxygen atoms in total. The van der Waals surface area contributed by atoms with Gasteiger partial charge in [0.25, 0.3) is 0 Å². The van der Waals surface area contributed by atoms with Gasteiger partial charge in [0.05, 0.1) is 16.3 Å². The van der Waals surface area contributed by atoms with Crippen LogP contribution in [0.25, 0.3) is 0 Å². The molecule has 1 fully saturated rings. The highest BCUT2D eigenvalue weighted by atomic mass is 35.5. The number of piperazine rings is 1. The molecule has 0 saturated carbocycles. The number of rotatable bonds is 2. The van der Waals surface area contributed by atoms with Crippen LogP contribution in [0.1, 0.15) is 19.5 Å². The molecule has 98 valence electrons. The topological polar surface area (TPSA) is 45.2 Å². The van der Waals surface area contributed by atoms with Gasteiger partial charge in [0, 0.05) is 19.6 Å². The van der Waals surface area contributed by atoms with Crippen molar-refractivity contribution >= 4 is 29.1 Å². The second kappa shape index (κ2) is 5.03. The van der Waals surface area contributed by atoms with E-state index in [1.54, 1.807) is 12.1 Å². The number of nitrogens with zero attached hydrogens (tertiary/aromatic N) is 2. The third-order valence-electron chi connectivity index (χ3n) is 3.24. The zero-order valence-corrected chi connectivity index (χ0v) is 11.8. The Morgan fingerprint density at radius 3 is 2.89 bits per heavy atom. The van der Waals surface area contributed by atoms with Gasteiger partial charge in [0.2, 0.25) is 5.91 Å². The molecule has 0 unspecified atom stereocenters. The third kappa shape index (κ3) is 2.60. The molecule has 1 aromatic rings. The Balaban J connectivity index is 2.22. The Labute approximate surface area is 116 Å². The van der Waals surface area contributed by atoms with Crippen LogP contribution in [0.15, 0.2) is 12.1 Å². The van der Waals surface area contributed by atoms with Crippen molar-refractivity contribution in [1.29, 1.82) is 0 Å². The average Bonchev–Trinajstić information content (AvgIpc) is 2.30. The van der Waals surface area contributed by atoms with E-state index in [4.69, 9.17) is 23.2 Å². The van der Waals surface area contributed by atoms with Crippen LogP contribution in [0.2, 0.25) is 10.2 Å². The van der Waals surface area contributed by atoms with Crippen molar-refractivity contribution in [1.82, 2.24) is 15.2 Å². The first kappa shape index (κ1) is 13.6. The van der Waals surface area contributed by atoms with Gasteiger partial charge in [-0.05, 0) is 26.0 Å². The summed E-state index contributed by atoms with van der Waals surface area (Å²) in [7, 11) is 0. The van der Waals surface area contributed by atoms with Crippen molar-refractivity contribution in [3.05, 3.63) is 28.0 Å². The number of carbonyl (C=O) groups excluding carboxylic acids is 1. The lowest BCUT2D eigenvalue weighted by Crippen LogP contribution is -2.61. The Kier molecular flexibility index (Phi) is 3.80. The predicted molar refractivity (Wildman–Crippen MR) is 71.8 cm³/mol. The normalized spacial score (nSPS) is 19.7. The highest BCUT2D eigenvalue weighted by molar-refractivity contribution is 6.32. The molecule has 2 rings (SSSR count). The molecule has 1 aliphatic rings. The Morgan fingerprint density at radius 2 is 2.17 bits per heavy atom. The summed E-state index contributed by atoms with van der Waals surface area (Å²) in [6.45, 7) is 5.70. The molecule has 1 aliphatic heterocycles. The van der Waals surface area contributed by atoms with Gasteiger partial charge in [0.1, 0.15) is 5.15 Å². The Morgan fingerprint density at radius 1 is 1.44 bits per heavy atom. The van der Waals surface area contributed by atoms with Gasteiger partial charge in [-0.25, -0.2) is 4.98 Å². The van der Waals surface area contributed by atoms with Gasteiger partial charge in [-0.2, -0.15) is 0 Å². The highest BCUT2D eigenvalue weighted by Gasteiger charge is 2.37. The fraction of sp³-hybridized carbons (Fsp3) is 0.500. The quantitative estimate of drug-likeness (QED) is 0.848. The fourth-order valence-corrected chi connectivity index (χ4v) is 2.30. The minimum absolute atomic E-state index is 0.0203. The van der Waals surface area contributed by atoms with E-state index in [2.05, 4.69) is 15.2 Å². The number of halogens is 2. The number of amides is 1. The Bertz CT molecular complexity index is 476. The largest absolute Gasteiger partial charge is 0.353 e. The number of aromatic nitrogens is 1. The van der Waals surface area contributed by atoms with Gasteiger partial charge in [0.15, 0.2) is 0 Å². The third-order valence-corrected chi connectivity index (χ3v) is 3.79. The second-order valence-corrected chi connectivity index (χ2v) is 5.59. The maximum Gasteiger partial charge on any atom is 0.240 e. The van der Waals surface area contributed by atoms with Crippen molar-refractivity contribution in [3.63, 3.8) is 0 Å². The van der Waals surface area contributed by atoms with Gasteiger partial charge in [-0.3, -0.25) is 9.69 Å². The summed E-state index contributed by atoms with van der Waals surface area (Å²) in [5.74, 6) is 0.0203. The van der Waals surface area contributed by atoms with E-state index >= 15 is 0 Å². The van der Waals surface area contributed by atoms with Gasteiger partial charge >= 0.3 is 0 Å². The van der Waals surface area contributed by atoms with Crippen LogP contribution in [0.5, 0.6) is 0 Å². The van der Waals surface area contributed by atoms with E-state index in [9.17, 15) is 4.79 Å². The molecule has 0 spiro atoms. The first-order valence-corrected chi connectivity index (χ1v) is 6.51. The Hall–Kier alpha value is -0.840. The molecule has 1 amide bonds. The molecular weight excluding hydrogens is 273 g/mol. The van der Waals surface area contributed by atoms with E-state index < -0.39 is 5.54 Å². The molecular formula is C12H15Cl2N3O. The molecule has 0 atom stereocenters. The van der Waals surface area contributed by atoms with Crippen LogP contribution in [0.3, 0.4) is 0 Å². The first-order chi connectivity index (χ1) is 8.41. The lowest BCUT2D eigenvalue weighted by molar-refractivity contribution is -0.135. The SMILES string of the molecule is CC1(C)C(=O)NCCN1Cc1nc(Cl)ccc1Cl. The molecule has 6 heteroatoms. The summed E-state index contributed by atoms with van der Waals surface area (Å²) in [5, 5.41) is 3.84. The number of pyridine rings is 1. The average molecular weight is 288 g/mol. The summed E-state index contributed by atoms with van der Waals surface area (Å²) in [6, 6.07) is 3.38. The maximum atomic E-state index is 11.8. The van der Waals surface area contributed by atoms with Crippen LogP contribution in [0.4, 0.5) is 0 Å². The molecule has 0 aliphatic carbocycles. The monoisotopic (exact) mass is 287 g/mol. The van der Waals surface area contributed by atoms with Crippen molar-refractivity contribution in [2.45, 2.75) is 25.9 Å². The standard InChI is InChI=1S/C12H15Cl2N3O/c1-12(2)11(18)15-5-6-17(12)7-9-8(13)3-4-10(14)16-9/h3-4H,5-7H2,1-2H3,(H,15,18). The number of hydrogen-bond donors (Lipinski definition) is 1. The smallest absolute Gasteiger partial charge is 0.240 e. The molecule has 0 bridgehead atoms. The van der Waals surface area contributed by atoms with Crippen LogP contribution >= 0.6 is 23.2 Å². The molecule has 0 radical (unpaired) electrons. The van der Waals surface area contributed by atoms with Crippen LogP contribution < -0.4 is 5.32 Å². The minimum Gasteiger partial charge on any atom is -0.353 e. The number of nitrogens with one attached hydrogen (secondary N) is 1. The molecule has 0 aromatic carbocycles. The van der Waals surface area contributed by atoms with E-state index in [1.165, 1.54) is 0 Å². The molecule has 18 heavy (non-hydrogen) atoms. The molecule has 1 N–H and O–H groups in total. The van der Waals surface area contributed by atoms with Crippen molar-refractivity contribution < 1.29 is 4.79 Å². The van der Waals surface area contributed by atoms with Crippen LogP contribution in [0, 0.1) is 0 Å². The summed E-state index contributed by atoms with van der Waals surface area (Å²) in [4.78, 5) is 18.1. The maximum absolute atomic E-state index is 11.8. The fourth-order valence-electron chi connectivity index (χ4n) is 1.97. The zero-order valence-electron chi connectivity index (χ0n) is 10.3. The zero-order chi connectivity index (χ0) is 13.3. The molecule has 1 aromatic heterocycles. The highest BCUT2D eigenvalue weighted by Crippen LogP contribution is 2.24. The first-order valence-electron chi connectivity index (χ1n) is 5.75. The minimum atomic E-state index is -0.564. The lowest BCUT2D eigenvalue weighted by atomic mass is 9.98. The lowest BCUT2D eigenvalue weighted by Gasteiger charge is -2.41. The van der Waals surface area contributed by atoms with Crippen molar-refractivity contribution in [3.8, 4) is 0 Å². The van der Waals surface area contributed by atoms with E-state index in [0.29, 0.717) is 29.0 Å². The molecule has 1 saturated heterocycles. The molecule has 2 heterocycles. The van der Waals surface area contributed by atoms with Crippen molar-refractivity contribution in [2.24, 2.45) is 0 Å². The summed E-state index contributed by atoms with van der Waals surface area (Å²) in [5.41, 5.74) is 0.137. The second-order valence-electron chi connectivity index (χ2n) is 4.80. The summed E-state index contributed by atoms with van der Waals surface area (Å²) < 4.78 is 0.